The van der Waals surface area contributed by atoms with E-state index in [2.05, 4.69) is 32.6 Å². The molecule has 0 aliphatic rings. The second-order valence-corrected chi connectivity index (χ2v) is 3.81. The van der Waals surface area contributed by atoms with Gasteiger partial charge in [0.05, 0.1) is 5.39 Å². The first kappa shape index (κ1) is 9.84. The summed E-state index contributed by atoms with van der Waals surface area (Å²) in [6, 6.07) is 14.1. The normalized spacial score (nSPS) is 10.6. The standard InChI is InChI=1S/C13H12N4/c1-2-5-10(6-3-1)9-15-13-11-7-4-8-14-12(11)16-17-13/h1-8H,9H2,(H2,14,15,16,17). The van der Waals surface area contributed by atoms with Gasteiger partial charge in [0.2, 0.25) is 0 Å². The number of anilines is 1. The van der Waals surface area contributed by atoms with Crippen LogP contribution in [0.4, 0.5) is 5.82 Å². The van der Waals surface area contributed by atoms with Crippen LogP contribution in [0.5, 0.6) is 0 Å². The number of benzene rings is 1. The largest absolute Gasteiger partial charge is 0.364 e. The van der Waals surface area contributed by atoms with Gasteiger partial charge in [-0.2, -0.15) is 5.10 Å². The van der Waals surface area contributed by atoms with Crippen molar-refractivity contribution in [3.8, 4) is 0 Å². The van der Waals surface area contributed by atoms with Crippen molar-refractivity contribution >= 4 is 16.9 Å². The molecule has 4 nitrogen and oxygen atoms in total. The molecule has 0 radical (unpaired) electrons. The third-order valence-electron chi connectivity index (χ3n) is 2.64. The summed E-state index contributed by atoms with van der Waals surface area (Å²) in [5.74, 6) is 0.844. The summed E-state index contributed by atoms with van der Waals surface area (Å²) in [5.41, 5.74) is 2.04. The molecule has 0 atom stereocenters. The maximum atomic E-state index is 4.21. The van der Waals surface area contributed by atoms with E-state index in [-0.39, 0.29) is 0 Å². The number of pyridine rings is 1. The van der Waals surface area contributed by atoms with E-state index in [4.69, 9.17) is 0 Å². The predicted molar refractivity (Wildman–Crippen MR) is 67.7 cm³/mol. The van der Waals surface area contributed by atoms with E-state index in [0.29, 0.717) is 0 Å². The van der Waals surface area contributed by atoms with Crippen LogP contribution >= 0.6 is 0 Å². The Bertz CT molecular complexity index is 615. The molecule has 0 spiro atoms. The Hall–Kier alpha value is -2.36. The SMILES string of the molecule is c1ccc(CNc2n[nH]c3ncccc23)cc1. The molecule has 84 valence electrons. The average Bonchev–Trinajstić information content (AvgIpc) is 2.81. The molecule has 0 aliphatic carbocycles. The van der Waals surface area contributed by atoms with Gasteiger partial charge in [-0.25, -0.2) is 4.98 Å². The van der Waals surface area contributed by atoms with Crippen LogP contribution in [-0.4, -0.2) is 15.2 Å². The van der Waals surface area contributed by atoms with E-state index >= 15 is 0 Å². The van der Waals surface area contributed by atoms with Crippen molar-refractivity contribution in [2.45, 2.75) is 6.54 Å². The molecular formula is C13H12N4. The molecule has 2 aromatic heterocycles. The lowest BCUT2D eigenvalue weighted by Gasteiger charge is -2.02. The Morgan fingerprint density at radius 2 is 1.94 bits per heavy atom. The first-order chi connectivity index (χ1) is 8.43. The number of nitrogens with one attached hydrogen (secondary N) is 2. The van der Waals surface area contributed by atoms with Gasteiger partial charge in [-0.05, 0) is 17.7 Å². The first-order valence-corrected chi connectivity index (χ1v) is 5.50. The lowest BCUT2D eigenvalue weighted by Crippen LogP contribution is -1.99. The smallest absolute Gasteiger partial charge is 0.157 e. The van der Waals surface area contributed by atoms with Crippen molar-refractivity contribution < 1.29 is 0 Å². The number of fused-ring (bicyclic) bond motifs is 1. The van der Waals surface area contributed by atoms with Gasteiger partial charge < -0.3 is 5.32 Å². The third-order valence-corrected chi connectivity index (χ3v) is 2.64. The van der Waals surface area contributed by atoms with Crippen molar-refractivity contribution in [1.29, 1.82) is 0 Å². The Kier molecular flexibility index (Phi) is 2.46. The van der Waals surface area contributed by atoms with Crippen molar-refractivity contribution in [3.05, 3.63) is 54.2 Å². The summed E-state index contributed by atoms with van der Waals surface area (Å²) in [6.07, 6.45) is 1.75. The van der Waals surface area contributed by atoms with E-state index in [0.717, 1.165) is 23.4 Å². The van der Waals surface area contributed by atoms with Gasteiger partial charge >= 0.3 is 0 Å². The molecule has 0 amide bonds. The van der Waals surface area contributed by atoms with Crippen molar-refractivity contribution in [2.24, 2.45) is 0 Å². The third kappa shape index (κ3) is 1.97. The number of hydrogen-bond acceptors (Lipinski definition) is 3. The van der Waals surface area contributed by atoms with Crippen LogP contribution in [0.25, 0.3) is 11.0 Å². The molecule has 3 rings (SSSR count). The zero-order valence-electron chi connectivity index (χ0n) is 9.22. The lowest BCUT2D eigenvalue weighted by atomic mass is 10.2. The number of hydrogen-bond donors (Lipinski definition) is 2. The van der Waals surface area contributed by atoms with Gasteiger partial charge in [-0.3, -0.25) is 5.10 Å². The molecule has 0 bridgehead atoms. The molecule has 0 aliphatic heterocycles. The highest BCUT2D eigenvalue weighted by atomic mass is 15.2. The average molecular weight is 224 g/mol. The fourth-order valence-electron chi connectivity index (χ4n) is 1.77. The number of nitrogens with zero attached hydrogens (tertiary/aromatic N) is 2. The molecule has 2 heterocycles. The monoisotopic (exact) mass is 224 g/mol. The van der Waals surface area contributed by atoms with Gasteiger partial charge in [-0.15, -0.1) is 0 Å². The predicted octanol–water partition coefficient (Wildman–Crippen LogP) is 2.57. The highest BCUT2D eigenvalue weighted by molar-refractivity contribution is 5.86. The zero-order chi connectivity index (χ0) is 11.5. The number of rotatable bonds is 3. The van der Waals surface area contributed by atoms with Crippen molar-refractivity contribution in [1.82, 2.24) is 15.2 Å². The van der Waals surface area contributed by atoms with E-state index in [1.54, 1.807) is 6.20 Å². The van der Waals surface area contributed by atoms with Gasteiger partial charge in [0, 0.05) is 12.7 Å². The zero-order valence-corrected chi connectivity index (χ0v) is 9.22. The molecule has 4 heteroatoms. The number of aromatic nitrogens is 3. The van der Waals surface area contributed by atoms with Crippen LogP contribution in [0.2, 0.25) is 0 Å². The summed E-state index contributed by atoms with van der Waals surface area (Å²) < 4.78 is 0. The molecule has 3 aromatic rings. The van der Waals surface area contributed by atoms with Crippen LogP contribution in [0.15, 0.2) is 48.7 Å². The molecule has 2 N–H and O–H groups in total. The number of H-pyrrole nitrogens is 1. The summed E-state index contributed by atoms with van der Waals surface area (Å²) in [4.78, 5) is 4.20. The molecule has 1 aromatic carbocycles. The van der Waals surface area contributed by atoms with Gasteiger partial charge in [-0.1, -0.05) is 30.3 Å². The highest BCUT2D eigenvalue weighted by Gasteiger charge is 2.04. The topological polar surface area (TPSA) is 53.6 Å². The quantitative estimate of drug-likeness (QED) is 0.719. The Labute approximate surface area is 98.7 Å². The van der Waals surface area contributed by atoms with Crippen LogP contribution < -0.4 is 5.32 Å². The molecule has 0 unspecified atom stereocenters. The molecule has 0 saturated carbocycles. The lowest BCUT2D eigenvalue weighted by molar-refractivity contribution is 1.05. The Balaban J connectivity index is 1.82. The first-order valence-electron chi connectivity index (χ1n) is 5.50. The van der Waals surface area contributed by atoms with E-state index in [9.17, 15) is 0 Å². The Morgan fingerprint density at radius 1 is 1.06 bits per heavy atom. The molecular weight excluding hydrogens is 212 g/mol. The van der Waals surface area contributed by atoms with E-state index < -0.39 is 0 Å². The summed E-state index contributed by atoms with van der Waals surface area (Å²) >= 11 is 0. The maximum Gasteiger partial charge on any atom is 0.157 e. The summed E-state index contributed by atoms with van der Waals surface area (Å²) in [6.45, 7) is 0.760. The van der Waals surface area contributed by atoms with Crippen LogP contribution in [0, 0.1) is 0 Å². The van der Waals surface area contributed by atoms with E-state index in [1.165, 1.54) is 5.56 Å². The fraction of sp³-hybridized carbons (Fsp3) is 0.0769. The van der Waals surface area contributed by atoms with Gasteiger partial charge in [0.15, 0.2) is 11.5 Å². The van der Waals surface area contributed by atoms with Crippen LogP contribution in [0.3, 0.4) is 0 Å². The summed E-state index contributed by atoms with van der Waals surface area (Å²) in [7, 11) is 0. The highest BCUT2D eigenvalue weighted by Crippen LogP contribution is 2.18. The second-order valence-electron chi connectivity index (χ2n) is 3.81. The number of aromatic amines is 1. The van der Waals surface area contributed by atoms with Crippen molar-refractivity contribution in [3.63, 3.8) is 0 Å². The molecule has 0 saturated heterocycles. The summed E-state index contributed by atoms with van der Waals surface area (Å²) in [5, 5.41) is 11.4. The maximum absolute atomic E-state index is 4.21. The van der Waals surface area contributed by atoms with Crippen molar-refractivity contribution in [2.75, 3.05) is 5.32 Å². The minimum Gasteiger partial charge on any atom is -0.364 e. The van der Waals surface area contributed by atoms with E-state index in [1.807, 2.05) is 30.3 Å². The minimum absolute atomic E-state index is 0.760. The second kappa shape index (κ2) is 4.25. The minimum atomic E-state index is 0.760. The van der Waals surface area contributed by atoms with Gasteiger partial charge in [0.25, 0.3) is 0 Å². The molecule has 17 heavy (non-hydrogen) atoms. The van der Waals surface area contributed by atoms with Crippen LogP contribution in [-0.2, 0) is 6.54 Å². The van der Waals surface area contributed by atoms with Gasteiger partial charge in [0.1, 0.15) is 0 Å². The Morgan fingerprint density at radius 3 is 2.82 bits per heavy atom. The molecule has 0 fully saturated rings. The fourth-order valence-corrected chi connectivity index (χ4v) is 1.77. The van der Waals surface area contributed by atoms with Crippen LogP contribution in [0.1, 0.15) is 5.56 Å².